The fourth-order valence-electron chi connectivity index (χ4n) is 2.62. The number of hydrogen-bond donors (Lipinski definition) is 2. The summed E-state index contributed by atoms with van der Waals surface area (Å²) in [6.45, 7) is 1.51. The van der Waals surface area contributed by atoms with Crippen molar-refractivity contribution in [3.05, 3.63) is 59.2 Å². The summed E-state index contributed by atoms with van der Waals surface area (Å²) in [7, 11) is 0. The molecule has 24 heavy (non-hydrogen) atoms. The highest BCUT2D eigenvalue weighted by molar-refractivity contribution is 6.17. The molecule has 0 bridgehead atoms. The number of carboxylic acids is 1. The minimum absolute atomic E-state index is 0.0306. The van der Waals surface area contributed by atoms with Crippen molar-refractivity contribution in [2.24, 2.45) is 0 Å². The highest BCUT2D eigenvalue weighted by atomic mass is 16.5. The van der Waals surface area contributed by atoms with Gasteiger partial charge >= 0.3 is 11.9 Å². The third-order valence-corrected chi connectivity index (χ3v) is 4.08. The molecular weight excluding hydrogens is 312 g/mol. The monoisotopic (exact) mass is 326 g/mol. The molecule has 2 unspecified atom stereocenters. The number of rotatable bonds is 3. The van der Waals surface area contributed by atoms with Gasteiger partial charge in [0, 0.05) is 0 Å². The van der Waals surface area contributed by atoms with Crippen molar-refractivity contribution in [3.8, 4) is 11.5 Å². The predicted octanol–water partition coefficient (Wildman–Crippen LogP) is 2.47. The van der Waals surface area contributed by atoms with Crippen LogP contribution in [0.3, 0.4) is 0 Å². The number of phenols is 1. The van der Waals surface area contributed by atoms with Gasteiger partial charge in [0.25, 0.3) is 0 Å². The molecule has 2 aromatic carbocycles. The molecule has 6 heteroatoms. The van der Waals surface area contributed by atoms with E-state index in [1.54, 1.807) is 6.07 Å². The topological polar surface area (TPSA) is 101 Å². The number of esters is 1. The van der Waals surface area contributed by atoms with Crippen molar-refractivity contribution >= 4 is 17.7 Å². The van der Waals surface area contributed by atoms with Crippen LogP contribution in [0.5, 0.6) is 11.5 Å². The zero-order valence-corrected chi connectivity index (χ0v) is 12.7. The predicted molar refractivity (Wildman–Crippen MR) is 83.3 cm³/mol. The maximum atomic E-state index is 12.6. The van der Waals surface area contributed by atoms with E-state index >= 15 is 0 Å². The standard InChI is InChI=1S/C18H14O6/c1-9(17(21)22)11-4-7-13-14(8-11)24-18(23)15(16(13)20)10-2-5-12(19)6-3-10/h2-9,15,19H,1H3,(H,21,22). The van der Waals surface area contributed by atoms with Crippen LogP contribution in [-0.4, -0.2) is 27.9 Å². The number of fused-ring (bicyclic) bond motifs is 1. The quantitative estimate of drug-likeness (QED) is 0.510. The highest BCUT2D eigenvalue weighted by Gasteiger charge is 2.38. The van der Waals surface area contributed by atoms with Crippen LogP contribution >= 0.6 is 0 Å². The SMILES string of the molecule is CC(C(=O)O)c1ccc2c(c1)OC(=O)C(c1ccc(O)cc1)C2=O. The second kappa shape index (κ2) is 5.81. The molecule has 0 radical (unpaired) electrons. The van der Waals surface area contributed by atoms with Crippen LogP contribution in [0, 0.1) is 0 Å². The summed E-state index contributed by atoms with van der Waals surface area (Å²) in [5.74, 6) is -3.92. The van der Waals surface area contributed by atoms with Crippen LogP contribution in [-0.2, 0) is 9.59 Å². The minimum Gasteiger partial charge on any atom is -0.508 e. The number of carbonyl (C=O) groups excluding carboxylic acids is 2. The number of carbonyl (C=O) groups is 3. The van der Waals surface area contributed by atoms with E-state index in [1.165, 1.54) is 43.3 Å². The third kappa shape index (κ3) is 2.62. The Morgan fingerprint density at radius 3 is 2.42 bits per heavy atom. The normalized spacial score (nSPS) is 17.8. The lowest BCUT2D eigenvalue weighted by molar-refractivity contribution is -0.138. The smallest absolute Gasteiger partial charge is 0.326 e. The molecule has 0 spiro atoms. The zero-order chi connectivity index (χ0) is 17.4. The molecule has 0 aromatic heterocycles. The van der Waals surface area contributed by atoms with E-state index in [2.05, 4.69) is 0 Å². The van der Waals surface area contributed by atoms with Gasteiger partial charge in [0.1, 0.15) is 17.4 Å². The first-order valence-corrected chi connectivity index (χ1v) is 7.30. The van der Waals surface area contributed by atoms with Crippen LogP contribution in [0.25, 0.3) is 0 Å². The molecule has 2 atom stereocenters. The molecule has 1 heterocycles. The van der Waals surface area contributed by atoms with E-state index in [4.69, 9.17) is 9.84 Å². The fraction of sp³-hybridized carbons (Fsp3) is 0.167. The van der Waals surface area contributed by atoms with Gasteiger partial charge in [0.2, 0.25) is 0 Å². The average Bonchev–Trinajstić information content (AvgIpc) is 2.55. The summed E-state index contributed by atoms with van der Waals surface area (Å²) in [6.07, 6.45) is 0. The van der Waals surface area contributed by atoms with Gasteiger partial charge in [-0.15, -0.1) is 0 Å². The fourth-order valence-corrected chi connectivity index (χ4v) is 2.62. The number of hydrogen-bond acceptors (Lipinski definition) is 5. The van der Waals surface area contributed by atoms with E-state index in [0.29, 0.717) is 11.1 Å². The van der Waals surface area contributed by atoms with Gasteiger partial charge in [-0.3, -0.25) is 14.4 Å². The molecule has 2 N–H and O–H groups in total. The van der Waals surface area contributed by atoms with Crippen LogP contribution in [0.2, 0.25) is 0 Å². The summed E-state index contributed by atoms with van der Waals surface area (Å²) in [5, 5.41) is 18.4. The van der Waals surface area contributed by atoms with Gasteiger partial charge in [-0.25, -0.2) is 0 Å². The Morgan fingerprint density at radius 1 is 1.12 bits per heavy atom. The van der Waals surface area contributed by atoms with E-state index in [0.717, 1.165) is 0 Å². The molecule has 1 aliphatic rings. The summed E-state index contributed by atoms with van der Waals surface area (Å²) in [6, 6.07) is 10.2. The first kappa shape index (κ1) is 15.7. The number of benzene rings is 2. The van der Waals surface area contributed by atoms with Crippen molar-refractivity contribution in [2.75, 3.05) is 0 Å². The molecule has 0 aliphatic carbocycles. The molecule has 6 nitrogen and oxygen atoms in total. The summed E-state index contributed by atoms with van der Waals surface area (Å²) < 4.78 is 5.25. The second-order valence-corrected chi connectivity index (χ2v) is 5.63. The van der Waals surface area contributed by atoms with Gasteiger partial charge in [-0.05, 0) is 42.3 Å². The Morgan fingerprint density at radius 2 is 1.79 bits per heavy atom. The van der Waals surface area contributed by atoms with Gasteiger partial charge in [0.05, 0.1) is 11.5 Å². The van der Waals surface area contributed by atoms with Gasteiger partial charge in [-0.2, -0.15) is 0 Å². The Labute approximate surface area is 137 Å². The molecular formula is C18H14O6. The number of phenolic OH excluding ortho intramolecular Hbond substituents is 1. The Bertz CT molecular complexity index is 837. The minimum atomic E-state index is -1.10. The van der Waals surface area contributed by atoms with Crippen molar-refractivity contribution in [2.45, 2.75) is 18.8 Å². The van der Waals surface area contributed by atoms with Crippen LogP contribution in [0.15, 0.2) is 42.5 Å². The van der Waals surface area contributed by atoms with E-state index < -0.39 is 29.6 Å². The van der Waals surface area contributed by atoms with E-state index in [1.807, 2.05) is 0 Å². The number of Topliss-reactive ketones (excluding diaryl/α,β-unsaturated/α-hetero) is 1. The Hall–Kier alpha value is -3.15. The van der Waals surface area contributed by atoms with E-state index in [9.17, 15) is 19.5 Å². The molecule has 1 aliphatic heterocycles. The molecule has 0 amide bonds. The zero-order valence-electron chi connectivity index (χ0n) is 12.7. The van der Waals surface area contributed by atoms with Crippen LogP contribution < -0.4 is 4.74 Å². The van der Waals surface area contributed by atoms with Crippen molar-refractivity contribution in [3.63, 3.8) is 0 Å². The highest BCUT2D eigenvalue weighted by Crippen LogP contribution is 2.35. The largest absolute Gasteiger partial charge is 0.508 e. The lowest BCUT2D eigenvalue weighted by Crippen LogP contribution is -2.31. The van der Waals surface area contributed by atoms with Crippen molar-refractivity contribution < 1.29 is 29.3 Å². The van der Waals surface area contributed by atoms with E-state index in [-0.39, 0.29) is 17.1 Å². The summed E-state index contributed by atoms with van der Waals surface area (Å²) in [4.78, 5) is 36.0. The molecule has 0 fully saturated rings. The molecule has 3 rings (SSSR count). The number of ketones is 1. The molecule has 0 saturated carbocycles. The number of carboxylic acid groups (broad SMARTS) is 1. The van der Waals surface area contributed by atoms with Crippen LogP contribution in [0.4, 0.5) is 0 Å². The summed E-state index contributed by atoms with van der Waals surface area (Å²) in [5.41, 5.74) is 1.11. The summed E-state index contributed by atoms with van der Waals surface area (Å²) >= 11 is 0. The van der Waals surface area contributed by atoms with Crippen molar-refractivity contribution in [1.29, 1.82) is 0 Å². The number of ether oxygens (including phenoxy) is 1. The number of aromatic hydroxyl groups is 1. The van der Waals surface area contributed by atoms with Gasteiger partial charge in [-0.1, -0.05) is 18.2 Å². The first-order valence-electron chi connectivity index (χ1n) is 7.30. The van der Waals surface area contributed by atoms with Crippen molar-refractivity contribution in [1.82, 2.24) is 0 Å². The van der Waals surface area contributed by atoms with Gasteiger partial charge < -0.3 is 14.9 Å². The lowest BCUT2D eigenvalue weighted by atomic mass is 9.87. The Balaban J connectivity index is 1.99. The first-order chi connectivity index (χ1) is 11.4. The average molecular weight is 326 g/mol. The lowest BCUT2D eigenvalue weighted by Gasteiger charge is -2.23. The van der Waals surface area contributed by atoms with Gasteiger partial charge in [0.15, 0.2) is 5.78 Å². The Kier molecular flexibility index (Phi) is 3.81. The second-order valence-electron chi connectivity index (χ2n) is 5.63. The third-order valence-electron chi connectivity index (χ3n) is 4.08. The van der Waals surface area contributed by atoms with Crippen LogP contribution in [0.1, 0.15) is 40.2 Å². The maximum absolute atomic E-state index is 12.6. The molecule has 0 saturated heterocycles. The maximum Gasteiger partial charge on any atom is 0.326 e. The molecule has 2 aromatic rings. The molecule has 122 valence electrons. The number of aliphatic carboxylic acids is 1.